The van der Waals surface area contributed by atoms with E-state index < -0.39 is 0 Å². The van der Waals surface area contributed by atoms with E-state index in [1.807, 2.05) is 37.3 Å². The molecule has 4 rings (SSSR count). The van der Waals surface area contributed by atoms with Crippen LogP contribution in [0.2, 0.25) is 0 Å². The highest BCUT2D eigenvalue weighted by Crippen LogP contribution is 2.36. The molecule has 0 amide bonds. The number of piperidine rings is 1. The van der Waals surface area contributed by atoms with Gasteiger partial charge in [-0.05, 0) is 45.2 Å². The molecule has 1 fully saturated rings. The average Bonchev–Trinajstić information content (AvgIpc) is 2.65. The third kappa shape index (κ3) is 3.03. The Balaban J connectivity index is 1.71. The van der Waals surface area contributed by atoms with Crippen molar-refractivity contribution in [1.29, 1.82) is 0 Å². The summed E-state index contributed by atoms with van der Waals surface area (Å²) in [7, 11) is 0. The van der Waals surface area contributed by atoms with Crippen molar-refractivity contribution in [2.75, 3.05) is 17.2 Å². The van der Waals surface area contributed by atoms with Crippen LogP contribution in [0.3, 0.4) is 0 Å². The van der Waals surface area contributed by atoms with Crippen LogP contribution in [0.5, 0.6) is 11.6 Å². The Hall–Kier alpha value is -2.89. The number of fused-ring (bicyclic) bond motifs is 1. The van der Waals surface area contributed by atoms with Crippen LogP contribution in [-0.2, 0) is 0 Å². The monoisotopic (exact) mass is 349 g/mol. The first-order valence-corrected chi connectivity index (χ1v) is 9.05. The molecule has 0 spiro atoms. The summed E-state index contributed by atoms with van der Waals surface area (Å²) in [5.74, 6) is 1.78. The number of hydrogen-bond donors (Lipinski definition) is 1. The van der Waals surface area contributed by atoms with Crippen LogP contribution in [0.4, 0.5) is 11.5 Å². The molecule has 26 heavy (non-hydrogen) atoms. The summed E-state index contributed by atoms with van der Waals surface area (Å²) in [5.41, 5.74) is 8.60. The van der Waals surface area contributed by atoms with Crippen LogP contribution >= 0.6 is 0 Å². The fourth-order valence-electron chi connectivity index (χ4n) is 3.50. The molecule has 0 aliphatic carbocycles. The van der Waals surface area contributed by atoms with Crippen LogP contribution in [0.15, 0.2) is 36.7 Å². The Kier molecular flexibility index (Phi) is 4.32. The Morgan fingerprint density at radius 3 is 2.88 bits per heavy atom. The van der Waals surface area contributed by atoms with Crippen molar-refractivity contribution in [2.24, 2.45) is 0 Å². The van der Waals surface area contributed by atoms with Crippen molar-refractivity contribution < 1.29 is 4.74 Å². The summed E-state index contributed by atoms with van der Waals surface area (Å²) in [5, 5.41) is 1.02. The molecule has 3 heterocycles. The molecule has 134 valence electrons. The average molecular weight is 349 g/mol. The maximum absolute atomic E-state index is 6.39. The van der Waals surface area contributed by atoms with Gasteiger partial charge in [-0.1, -0.05) is 18.2 Å². The molecular weight excluding hydrogens is 326 g/mol. The lowest BCUT2D eigenvalue weighted by molar-refractivity contribution is 0.462. The minimum absolute atomic E-state index is 0.378. The molecule has 1 saturated heterocycles. The Morgan fingerprint density at radius 2 is 2.04 bits per heavy atom. The van der Waals surface area contributed by atoms with Crippen LogP contribution in [-0.4, -0.2) is 27.5 Å². The standard InChI is InChI=1S/C20H23N5O/c1-13-9-10-15-7-5-8-16(18(15)24-13)26-20-17(21)19(22-12-23-20)25-11-4-3-6-14(25)2/h5,7-10,12,14H,3-4,6,11,21H2,1-2H3. The first-order valence-electron chi connectivity index (χ1n) is 9.05. The SMILES string of the molecule is Cc1ccc2cccc(Oc3ncnc(N4CCCCC4C)c3N)c2n1. The van der Waals surface area contributed by atoms with Crippen LogP contribution in [0.25, 0.3) is 10.9 Å². The van der Waals surface area contributed by atoms with Gasteiger partial charge >= 0.3 is 0 Å². The molecule has 2 aromatic heterocycles. The molecule has 1 unspecified atom stereocenters. The van der Waals surface area contributed by atoms with Gasteiger partial charge in [-0.15, -0.1) is 0 Å². The number of nitrogen functional groups attached to an aromatic ring is 1. The quantitative estimate of drug-likeness (QED) is 0.767. The lowest BCUT2D eigenvalue weighted by Gasteiger charge is -2.35. The van der Waals surface area contributed by atoms with E-state index in [1.54, 1.807) is 0 Å². The number of hydrogen-bond acceptors (Lipinski definition) is 6. The molecule has 1 aliphatic heterocycles. The predicted molar refractivity (Wildman–Crippen MR) is 104 cm³/mol. The van der Waals surface area contributed by atoms with Crippen LogP contribution in [0, 0.1) is 6.92 Å². The van der Waals surface area contributed by atoms with Crippen molar-refractivity contribution in [3.05, 3.63) is 42.4 Å². The minimum Gasteiger partial charge on any atom is -0.435 e. The number of aryl methyl sites for hydroxylation is 1. The van der Waals surface area contributed by atoms with E-state index in [9.17, 15) is 0 Å². The molecule has 6 heteroatoms. The molecule has 6 nitrogen and oxygen atoms in total. The number of para-hydroxylation sites is 1. The lowest BCUT2D eigenvalue weighted by Crippen LogP contribution is -2.38. The van der Waals surface area contributed by atoms with Crippen molar-refractivity contribution in [3.63, 3.8) is 0 Å². The number of ether oxygens (including phenoxy) is 1. The van der Waals surface area contributed by atoms with Crippen molar-refractivity contribution in [3.8, 4) is 11.6 Å². The Morgan fingerprint density at radius 1 is 1.15 bits per heavy atom. The number of pyridine rings is 1. The van der Waals surface area contributed by atoms with Gasteiger partial charge in [0.1, 0.15) is 17.5 Å². The molecule has 0 saturated carbocycles. The van der Waals surface area contributed by atoms with E-state index in [-0.39, 0.29) is 0 Å². The van der Waals surface area contributed by atoms with Crippen molar-refractivity contribution in [1.82, 2.24) is 15.0 Å². The number of aromatic nitrogens is 3. The number of anilines is 2. The van der Waals surface area contributed by atoms with Gasteiger partial charge in [0.15, 0.2) is 11.6 Å². The highest BCUT2D eigenvalue weighted by Gasteiger charge is 2.23. The molecule has 3 aromatic rings. The number of nitrogens with zero attached hydrogens (tertiary/aromatic N) is 4. The predicted octanol–water partition coefficient (Wildman–Crippen LogP) is 4.09. The van der Waals surface area contributed by atoms with Crippen LogP contribution < -0.4 is 15.4 Å². The smallest absolute Gasteiger partial charge is 0.248 e. The molecule has 0 bridgehead atoms. The van der Waals surface area contributed by atoms with E-state index in [1.165, 1.54) is 12.7 Å². The third-order valence-electron chi connectivity index (χ3n) is 4.93. The topological polar surface area (TPSA) is 77.2 Å². The number of rotatable bonds is 3. The van der Waals surface area contributed by atoms with E-state index in [2.05, 4.69) is 26.8 Å². The van der Waals surface area contributed by atoms with Gasteiger partial charge in [-0.25, -0.2) is 9.97 Å². The van der Waals surface area contributed by atoms with Gasteiger partial charge in [0.05, 0.1) is 0 Å². The van der Waals surface area contributed by atoms with Crippen molar-refractivity contribution in [2.45, 2.75) is 39.2 Å². The second-order valence-electron chi connectivity index (χ2n) is 6.84. The van der Waals surface area contributed by atoms with E-state index >= 15 is 0 Å². The van der Waals surface area contributed by atoms with Gasteiger partial charge < -0.3 is 15.4 Å². The van der Waals surface area contributed by atoms with Crippen molar-refractivity contribution >= 4 is 22.4 Å². The maximum atomic E-state index is 6.39. The molecule has 1 aliphatic rings. The summed E-state index contributed by atoms with van der Waals surface area (Å²) in [4.78, 5) is 15.6. The molecule has 2 N–H and O–H groups in total. The summed E-state index contributed by atoms with van der Waals surface area (Å²) in [6.45, 7) is 5.13. The highest BCUT2D eigenvalue weighted by atomic mass is 16.5. The first kappa shape index (κ1) is 16.6. The van der Waals surface area contributed by atoms with Gasteiger partial charge in [-0.2, -0.15) is 4.98 Å². The zero-order valence-corrected chi connectivity index (χ0v) is 15.1. The summed E-state index contributed by atoms with van der Waals surface area (Å²) in [6, 6.07) is 10.3. The first-order chi connectivity index (χ1) is 12.6. The molecule has 1 aromatic carbocycles. The Bertz CT molecular complexity index is 943. The Labute approximate surface area is 153 Å². The second-order valence-corrected chi connectivity index (χ2v) is 6.84. The number of nitrogens with two attached hydrogens (primary N) is 1. The zero-order chi connectivity index (χ0) is 18.1. The van der Waals surface area contributed by atoms with E-state index in [0.29, 0.717) is 23.4 Å². The normalized spacial score (nSPS) is 17.5. The molecule has 0 radical (unpaired) electrons. The van der Waals surface area contributed by atoms with Gasteiger partial charge in [-0.3, -0.25) is 0 Å². The number of benzene rings is 1. The maximum Gasteiger partial charge on any atom is 0.248 e. The van der Waals surface area contributed by atoms with Gasteiger partial charge in [0.2, 0.25) is 5.88 Å². The highest BCUT2D eigenvalue weighted by molar-refractivity contribution is 5.85. The van der Waals surface area contributed by atoms with Crippen LogP contribution in [0.1, 0.15) is 31.9 Å². The zero-order valence-electron chi connectivity index (χ0n) is 15.1. The van der Waals surface area contributed by atoms with E-state index in [4.69, 9.17) is 10.5 Å². The fourth-order valence-corrected chi connectivity index (χ4v) is 3.50. The van der Waals surface area contributed by atoms with Gasteiger partial charge in [0.25, 0.3) is 0 Å². The second kappa shape index (κ2) is 6.78. The summed E-state index contributed by atoms with van der Waals surface area (Å²) in [6.07, 6.45) is 5.06. The minimum atomic E-state index is 0.378. The molecule has 1 atom stereocenters. The largest absolute Gasteiger partial charge is 0.435 e. The van der Waals surface area contributed by atoms with E-state index in [0.717, 1.165) is 41.8 Å². The third-order valence-corrected chi connectivity index (χ3v) is 4.93. The van der Waals surface area contributed by atoms with Gasteiger partial charge in [0, 0.05) is 23.7 Å². The summed E-state index contributed by atoms with van der Waals surface area (Å²) >= 11 is 0. The lowest BCUT2D eigenvalue weighted by atomic mass is 10.0. The molecular formula is C20H23N5O. The summed E-state index contributed by atoms with van der Waals surface area (Å²) < 4.78 is 6.08. The fraction of sp³-hybridized carbons (Fsp3) is 0.350.